The molecule has 5 rings (SSSR count). The first-order valence-electron chi connectivity index (χ1n) is 9.63. The number of rotatable bonds is 3. The Labute approximate surface area is 144 Å². The van der Waals surface area contributed by atoms with E-state index in [-0.39, 0.29) is 23.6 Å². The van der Waals surface area contributed by atoms with Crippen molar-refractivity contribution < 1.29 is 9.90 Å². The third-order valence-corrected chi connectivity index (χ3v) is 7.36. The van der Waals surface area contributed by atoms with Gasteiger partial charge in [-0.15, -0.1) is 0 Å². The van der Waals surface area contributed by atoms with E-state index < -0.39 is 0 Å². The zero-order valence-corrected chi connectivity index (χ0v) is 14.6. The van der Waals surface area contributed by atoms with Crippen LogP contribution in [0.1, 0.15) is 51.9 Å². The van der Waals surface area contributed by atoms with Gasteiger partial charge in [-0.1, -0.05) is 6.92 Å². The summed E-state index contributed by atoms with van der Waals surface area (Å²) in [4.78, 5) is 14.3. The molecule has 2 N–H and O–H groups in total. The number of nitrogens with one attached hydrogen (secondary N) is 1. The van der Waals surface area contributed by atoms with Crippen molar-refractivity contribution in [1.29, 1.82) is 5.26 Å². The van der Waals surface area contributed by atoms with Gasteiger partial charge in [-0.3, -0.25) is 4.79 Å². The van der Waals surface area contributed by atoms with Crippen LogP contribution in [-0.2, 0) is 4.79 Å². The topological polar surface area (TPSA) is 76.4 Å². The Balaban J connectivity index is 1.45. The van der Waals surface area contributed by atoms with Gasteiger partial charge in [-0.25, -0.2) is 0 Å². The standard InChI is InChI=1S/C19H29N3O2/c1-12-14-5-13-6-15(18(12)24)9-19(7-13,8-14)21-11-17(23)22-4-2-3-16(22)10-20/h12-16,18,21,24H,2-9,11H2,1H3. The van der Waals surface area contributed by atoms with Gasteiger partial charge in [-0.2, -0.15) is 5.26 Å². The van der Waals surface area contributed by atoms with Crippen LogP contribution in [0.5, 0.6) is 0 Å². The summed E-state index contributed by atoms with van der Waals surface area (Å²) in [6, 6.07) is 2.02. The van der Waals surface area contributed by atoms with Crippen molar-refractivity contribution in [3.05, 3.63) is 0 Å². The molecule has 5 fully saturated rings. The maximum Gasteiger partial charge on any atom is 0.237 e. The van der Waals surface area contributed by atoms with Gasteiger partial charge in [0.2, 0.25) is 5.91 Å². The second-order valence-electron chi connectivity index (χ2n) is 8.83. The molecular weight excluding hydrogens is 302 g/mol. The zero-order valence-electron chi connectivity index (χ0n) is 14.6. The predicted octanol–water partition coefficient (Wildman–Crippen LogP) is 1.67. The summed E-state index contributed by atoms with van der Waals surface area (Å²) >= 11 is 0. The fourth-order valence-corrected chi connectivity index (χ4v) is 6.24. The third-order valence-electron chi connectivity index (χ3n) is 7.36. The normalized spacial score (nSPS) is 46.8. The Morgan fingerprint density at radius 1 is 1.33 bits per heavy atom. The molecule has 4 bridgehead atoms. The van der Waals surface area contributed by atoms with Crippen LogP contribution in [0.15, 0.2) is 0 Å². The molecule has 1 heterocycles. The molecule has 5 heteroatoms. The number of aliphatic hydroxyl groups excluding tert-OH is 1. The Morgan fingerprint density at radius 2 is 2.08 bits per heavy atom. The summed E-state index contributed by atoms with van der Waals surface area (Å²) in [5.41, 5.74) is 0.0275. The summed E-state index contributed by atoms with van der Waals surface area (Å²) in [6.07, 6.45) is 7.20. The molecule has 132 valence electrons. The monoisotopic (exact) mass is 331 g/mol. The number of carbonyl (C=O) groups excluding carboxylic acids is 1. The maximum atomic E-state index is 12.6. The van der Waals surface area contributed by atoms with Crippen LogP contribution >= 0.6 is 0 Å². The number of hydrogen-bond acceptors (Lipinski definition) is 4. The molecule has 1 aliphatic heterocycles. The summed E-state index contributed by atoms with van der Waals surface area (Å²) in [5.74, 6) is 2.10. The van der Waals surface area contributed by atoms with Crippen LogP contribution in [0.2, 0.25) is 0 Å². The molecule has 7 unspecified atom stereocenters. The quantitative estimate of drug-likeness (QED) is 0.825. The molecule has 4 saturated carbocycles. The summed E-state index contributed by atoms with van der Waals surface area (Å²) in [5, 5.41) is 23.5. The first kappa shape index (κ1) is 16.4. The van der Waals surface area contributed by atoms with Crippen molar-refractivity contribution >= 4 is 5.91 Å². The molecule has 0 spiro atoms. The van der Waals surface area contributed by atoms with Gasteiger partial charge in [0.05, 0.1) is 18.7 Å². The number of hydrogen-bond donors (Lipinski definition) is 2. The van der Waals surface area contributed by atoms with Crippen molar-refractivity contribution in [1.82, 2.24) is 10.2 Å². The number of carbonyl (C=O) groups is 1. The fourth-order valence-electron chi connectivity index (χ4n) is 6.24. The minimum atomic E-state index is -0.236. The van der Waals surface area contributed by atoms with Gasteiger partial charge in [0, 0.05) is 12.1 Å². The second kappa shape index (κ2) is 6.00. The van der Waals surface area contributed by atoms with Gasteiger partial charge in [0.1, 0.15) is 6.04 Å². The van der Waals surface area contributed by atoms with Crippen LogP contribution in [0.25, 0.3) is 0 Å². The van der Waals surface area contributed by atoms with E-state index >= 15 is 0 Å². The van der Waals surface area contributed by atoms with E-state index in [0.29, 0.717) is 30.2 Å². The van der Waals surface area contributed by atoms with Crippen LogP contribution in [0.3, 0.4) is 0 Å². The van der Waals surface area contributed by atoms with Crippen molar-refractivity contribution in [2.75, 3.05) is 13.1 Å². The van der Waals surface area contributed by atoms with E-state index in [2.05, 4.69) is 18.3 Å². The number of nitrogens with zero attached hydrogens (tertiary/aromatic N) is 2. The number of aliphatic hydroxyl groups is 1. The highest BCUT2D eigenvalue weighted by Gasteiger charge is 2.53. The molecule has 1 amide bonds. The first-order valence-corrected chi connectivity index (χ1v) is 9.63. The highest BCUT2D eigenvalue weighted by atomic mass is 16.3. The van der Waals surface area contributed by atoms with Crippen molar-refractivity contribution in [2.45, 2.75) is 69.6 Å². The molecule has 0 aromatic rings. The summed E-state index contributed by atoms with van der Waals surface area (Å²) in [6.45, 7) is 3.27. The lowest BCUT2D eigenvalue weighted by atomic mass is 9.62. The SMILES string of the molecule is CC1C2CC3CC(CC(NCC(=O)N4CCCC4C#N)(C3)C2)C1O. The van der Waals surface area contributed by atoms with Crippen LogP contribution in [-0.4, -0.2) is 46.7 Å². The molecule has 0 aromatic heterocycles. The predicted molar refractivity (Wildman–Crippen MR) is 89.8 cm³/mol. The van der Waals surface area contributed by atoms with Crippen molar-refractivity contribution in [3.63, 3.8) is 0 Å². The Morgan fingerprint density at radius 3 is 2.88 bits per heavy atom. The van der Waals surface area contributed by atoms with Gasteiger partial charge < -0.3 is 15.3 Å². The molecule has 0 aromatic carbocycles. The van der Waals surface area contributed by atoms with E-state index in [4.69, 9.17) is 0 Å². The van der Waals surface area contributed by atoms with E-state index in [9.17, 15) is 15.2 Å². The maximum absolute atomic E-state index is 12.6. The molecule has 5 nitrogen and oxygen atoms in total. The zero-order chi connectivity index (χ0) is 16.9. The molecule has 4 aliphatic carbocycles. The van der Waals surface area contributed by atoms with Crippen molar-refractivity contribution in [3.8, 4) is 6.07 Å². The number of amides is 1. The van der Waals surface area contributed by atoms with Crippen molar-refractivity contribution in [2.24, 2.45) is 23.7 Å². The molecule has 1 saturated heterocycles. The van der Waals surface area contributed by atoms with Crippen LogP contribution in [0.4, 0.5) is 0 Å². The van der Waals surface area contributed by atoms with Crippen LogP contribution in [0, 0.1) is 35.0 Å². The van der Waals surface area contributed by atoms with E-state index in [0.717, 1.165) is 45.1 Å². The van der Waals surface area contributed by atoms with Gasteiger partial charge in [0.25, 0.3) is 0 Å². The van der Waals surface area contributed by atoms with Gasteiger partial charge >= 0.3 is 0 Å². The lowest BCUT2D eigenvalue weighted by Gasteiger charge is -2.49. The largest absolute Gasteiger partial charge is 0.393 e. The van der Waals surface area contributed by atoms with Gasteiger partial charge in [0.15, 0.2) is 0 Å². The third kappa shape index (κ3) is 2.64. The molecule has 5 aliphatic rings. The molecular formula is C19H29N3O2. The van der Waals surface area contributed by atoms with E-state index in [1.54, 1.807) is 4.90 Å². The minimum Gasteiger partial charge on any atom is -0.393 e. The van der Waals surface area contributed by atoms with E-state index in [1.807, 2.05) is 0 Å². The minimum absolute atomic E-state index is 0.0275. The Hall–Kier alpha value is -1.12. The molecule has 24 heavy (non-hydrogen) atoms. The average molecular weight is 331 g/mol. The van der Waals surface area contributed by atoms with Crippen LogP contribution < -0.4 is 5.32 Å². The first-order chi connectivity index (χ1) is 11.5. The lowest BCUT2D eigenvalue weighted by Crippen LogP contribution is -2.56. The molecule has 0 radical (unpaired) electrons. The number of fused-ring (bicyclic) bond motifs is 1. The van der Waals surface area contributed by atoms with E-state index in [1.165, 1.54) is 6.42 Å². The fraction of sp³-hybridized carbons (Fsp3) is 0.895. The Kier molecular flexibility index (Phi) is 4.09. The second-order valence-corrected chi connectivity index (χ2v) is 8.83. The highest BCUT2D eigenvalue weighted by Crippen LogP contribution is 2.55. The summed E-state index contributed by atoms with van der Waals surface area (Å²) in [7, 11) is 0. The van der Waals surface area contributed by atoms with Gasteiger partial charge in [-0.05, 0) is 68.6 Å². The lowest BCUT2D eigenvalue weighted by molar-refractivity contribution is -0.131. The molecule has 7 atom stereocenters. The number of nitriles is 1. The highest BCUT2D eigenvalue weighted by molar-refractivity contribution is 5.79. The Bertz CT molecular complexity index is 537. The summed E-state index contributed by atoms with van der Waals surface area (Å²) < 4.78 is 0. The number of likely N-dealkylation sites (tertiary alicyclic amines) is 1. The average Bonchev–Trinajstić information content (AvgIpc) is 3.01. The smallest absolute Gasteiger partial charge is 0.237 e.